The van der Waals surface area contributed by atoms with Crippen LogP contribution in [0.4, 0.5) is 5.69 Å². The highest BCUT2D eigenvalue weighted by atomic mass is 16.5. The predicted molar refractivity (Wildman–Crippen MR) is 112 cm³/mol. The van der Waals surface area contributed by atoms with E-state index < -0.39 is 0 Å². The van der Waals surface area contributed by atoms with Gasteiger partial charge in [0.05, 0.1) is 12.7 Å². The molecule has 0 aliphatic rings. The van der Waals surface area contributed by atoms with E-state index in [4.69, 9.17) is 4.74 Å². The molecule has 0 aliphatic heterocycles. The Kier molecular flexibility index (Phi) is 10.1. The first kappa shape index (κ1) is 21.8. The molecule has 0 atom stereocenters. The highest BCUT2D eigenvalue weighted by Crippen LogP contribution is 2.13. The predicted octanol–water partition coefficient (Wildman–Crippen LogP) is 6.30. The number of methoxy groups -OCH3 is 1. The Morgan fingerprint density at radius 3 is 2.31 bits per heavy atom. The number of nitrogens with one attached hydrogen (secondary N) is 1. The van der Waals surface area contributed by atoms with Gasteiger partial charge in [0.15, 0.2) is 0 Å². The third-order valence-electron chi connectivity index (χ3n) is 4.16. The highest BCUT2D eigenvalue weighted by Gasteiger charge is 2.04. The quantitative estimate of drug-likeness (QED) is 0.395. The van der Waals surface area contributed by atoms with Crippen molar-refractivity contribution in [2.45, 2.75) is 53.4 Å². The first-order valence-electron chi connectivity index (χ1n) is 9.29. The minimum absolute atomic E-state index is 0.313. The fraction of sp³-hybridized carbons (Fsp3) is 0.435. The molecular weight excluding hydrogens is 322 g/mol. The molecule has 1 N–H and O–H groups in total. The zero-order chi connectivity index (χ0) is 19.4. The summed E-state index contributed by atoms with van der Waals surface area (Å²) < 4.78 is 4.75. The van der Waals surface area contributed by atoms with E-state index in [9.17, 15) is 4.79 Å². The van der Waals surface area contributed by atoms with Crippen LogP contribution in [-0.2, 0) is 4.74 Å². The standard InChI is InChI=1S/C23H33NO2/c1-18(2)9-6-10-19(3)11-7-12-20(4)15-16-24-22-14-8-13-21(17-22)23(25)26-5/h8-9,11,13-15,17,24H,6-7,10,12,16H2,1-5H3. The number of rotatable bonds is 10. The third-order valence-corrected chi connectivity index (χ3v) is 4.16. The number of esters is 1. The summed E-state index contributed by atoms with van der Waals surface area (Å²) in [6, 6.07) is 7.38. The van der Waals surface area contributed by atoms with Gasteiger partial charge in [-0.1, -0.05) is 41.0 Å². The van der Waals surface area contributed by atoms with Gasteiger partial charge < -0.3 is 10.1 Å². The second-order valence-corrected chi connectivity index (χ2v) is 6.91. The van der Waals surface area contributed by atoms with Gasteiger partial charge in [0.25, 0.3) is 0 Å². The Morgan fingerprint density at radius 2 is 1.65 bits per heavy atom. The Bertz CT molecular complexity index is 665. The Hall–Kier alpha value is -2.29. The zero-order valence-corrected chi connectivity index (χ0v) is 16.9. The van der Waals surface area contributed by atoms with Gasteiger partial charge in [-0.2, -0.15) is 0 Å². The average molecular weight is 356 g/mol. The molecule has 0 bridgehead atoms. The van der Waals surface area contributed by atoms with Crippen molar-refractivity contribution in [2.24, 2.45) is 0 Å². The van der Waals surface area contributed by atoms with Crippen molar-refractivity contribution < 1.29 is 9.53 Å². The summed E-state index contributed by atoms with van der Waals surface area (Å²) in [7, 11) is 1.40. The highest BCUT2D eigenvalue weighted by molar-refractivity contribution is 5.90. The summed E-state index contributed by atoms with van der Waals surface area (Å²) in [5.74, 6) is -0.313. The zero-order valence-electron chi connectivity index (χ0n) is 16.9. The second kappa shape index (κ2) is 12.1. The van der Waals surface area contributed by atoms with Gasteiger partial charge in [-0.3, -0.25) is 0 Å². The minimum Gasteiger partial charge on any atom is -0.465 e. The summed E-state index contributed by atoms with van der Waals surface area (Å²) in [4.78, 5) is 11.5. The molecule has 0 heterocycles. The summed E-state index contributed by atoms with van der Waals surface area (Å²) >= 11 is 0. The lowest BCUT2D eigenvalue weighted by Crippen LogP contribution is -2.04. The lowest BCUT2D eigenvalue weighted by molar-refractivity contribution is 0.0601. The van der Waals surface area contributed by atoms with Gasteiger partial charge in [-0.25, -0.2) is 4.79 Å². The van der Waals surface area contributed by atoms with Crippen LogP contribution in [0.3, 0.4) is 0 Å². The molecule has 3 nitrogen and oxygen atoms in total. The molecule has 3 heteroatoms. The van der Waals surface area contributed by atoms with E-state index in [1.807, 2.05) is 18.2 Å². The summed E-state index contributed by atoms with van der Waals surface area (Å²) in [6.45, 7) is 9.42. The van der Waals surface area contributed by atoms with E-state index in [2.05, 4.69) is 51.2 Å². The van der Waals surface area contributed by atoms with Crippen LogP contribution in [0.25, 0.3) is 0 Å². The van der Waals surface area contributed by atoms with Crippen molar-refractivity contribution in [3.05, 3.63) is 64.8 Å². The summed E-state index contributed by atoms with van der Waals surface area (Å²) in [5.41, 5.74) is 5.71. The minimum atomic E-state index is -0.313. The van der Waals surface area contributed by atoms with E-state index in [0.29, 0.717) is 5.56 Å². The Labute approximate surface area is 158 Å². The van der Waals surface area contributed by atoms with Gasteiger partial charge in [0.2, 0.25) is 0 Å². The first-order chi connectivity index (χ1) is 12.4. The van der Waals surface area contributed by atoms with Crippen LogP contribution in [0.2, 0.25) is 0 Å². The van der Waals surface area contributed by atoms with Crippen LogP contribution in [0.1, 0.15) is 63.7 Å². The molecule has 0 spiro atoms. The van der Waals surface area contributed by atoms with E-state index in [1.165, 1.54) is 23.8 Å². The molecule has 0 saturated carbocycles. The van der Waals surface area contributed by atoms with Crippen LogP contribution >= 0.6 is 0 Å². The molecule has 0 amide bonds. The van der Waals surface area contributed by atoms with E-state index in [1.54, 1.807) is 6.07 Å². The lowest BCUT2D eigenvalue weighted by atomic mass is 10.1. The van der Waals surface area contributed by atoms with Crippen LogP contribution in [0, 0.1) is 0 Å². The molecule has 0 aromatic heterocycles. The molecule has 1 rings (SSSR count). The van der Waals surface area contributed by atoms with Crippen molar-refractivity contribution in [1.29, 1.82) is 0 Å². The molecule has 1 aromatic carbocycles. The van der Waals surface area contributed by atoms with Gasteiger partial charge in [0, 0.05) is 12.2 Å². The van der Waals surface area contributed by atoms with Crippen molar-refractivity contribution in [3.8, 4) is 0 Å². The molecule has 26 heavy (non-hydrogen) atoms. The fourth-order valence-electron chi connectivity index (χ4n) is 2.56. The smallest absolute Gasteiger partial charge is 0.337 e. The molecule has 0 aliphatic carbocycles. The van der Waals surface area contributed by atoms with Crippen LogP contribution < -0.4 is 5.32 Å². The van der Waals surface area contributed by atoms with Gasteiger partial charge in [-0.05, 0) is 71.6 Å². The largest absolute Gasteiger partial charge is 0.465 e. The second-order valence-electron chi connectivity index (χ2n) is 6.91. The van der Waals surface area contributed by atoms with Gasteiger partial charge >= 0.3 is 5.97 Å². The van der Waals surface area contributed by atoms with Crippen molar-refractivity contribution in [2.75, 3.05) is 19.0 Å². The number of carbonyl (C=O) groups excluding carboxylic acids is 1. The SMILES string of the molecule is COC(=O)c1cccc(NCC=C(C)CCC=C(C)CCC=C(C)C)c1. The maximum absolute atomic E-state index is 11.5. The molecule has 0 fully saturated rings. The van der Waals surface area contributed by atoms with E-state index >= 15 is 0 Å². The molecule has 142 valence electrons. The van der Waals surface area contributed by atoms with E-state index in [0.717, 1.165) is 37.9 Å². The first-order valence-corrected chi connectivity index (χ1v) is 9.29. The maximum Gasteiger partial charge on any atom is 0.337 e. The Morgan fingerprint density at radius 1 is 1.00 bits per heavy atom. The van der Waals surface area contributed by atoms with Gasteiger partial charge in [0.1, 0.15) is 0 Å². The number of ether oxygens (including phenoxy) is 1. The number of hydrogen-bond donors (Lipinski definition) is 1. The topological polar surface area (TPSA) is 38.3 Å². The van der Waals surface area contributed by atoms with Crippen LogP contribution in [0.5, 0.6) is 0 Å². The molecular formula is C23H33NO2. The normalized spacial score (nSPS) is 11.9. The number of benzene rings is 1. The lowest BCUT2D eigenvalue weighted by Gasteiger charge is -2.06. The average Bonchev–Trinajstić information content (AvgIpc) is 2.61. The fourth-order valence-corrected chi connectivity index (χ4v) is 2.56. The van der Waals surface area contributed by atoms with Crippen molar-refractivity contribution >= 4 is 11.7 Å². The Balaban J connectivity index is 2.38. The number of hydrogen-bond acceptors (Lipinski definition) is 3. The summed E-state index contributed by atoms with van der Waals surface area (Å²) in [5, 5.41) is 3.33. The number of carbonyl (C=O) groups is 1. The van der Waals surface area contributed by atoms with Crippen molar-refractivity contribution in [1.82, 2.24) is 0 Å². The van der Waals surface area contributed by atoms with Crippen LogP contribution in [0.15, 0.2) is 59.2 Å². The summed E-state index contributed by atoms with van der Waals surface area (Å²) in [6.07, 6.45) is 11.3. The number of anilines is 1. The monoisotopic (exact) mass is 355 g/mol. The van der Waals surface area contributed by atoms with Crippen molar-refractivity contribution in [3.63, 3.8) is 0 Å². The molecule has 0 saturated heterocycles. The molecule has 1 aromatic rings. The van der Waals surface area contributed by atoms with Crippen LogP contribution in [-0.4, -0.2) is 19.6 Å². The van der Waals surface area contributed by atoms with E-state index in [-0.39, 0.29) is 5.97 Å². The number of allylic oxidation sites excluding steroid dienone is 5. The maximum atomic E-state index is 11.5. The third kappa shape index (κ3) is 9.26. The van der Waals surface area contributed by atoms with Gasteiger partial charge in [-0.15, -0.1) is 0 Å². The molecule has 0 radical (unpaired) electrons. The molecule has 0 unspecified atom stereocenters.